The molecule has 2 aliphatic rings. The molecule has 0 bridgehead atoms. The first-order chi connectivity index (χ1) is 19.0. The third-order valence-electron chi connectivity index (χ3n) is 7.31. The number of carbonyl (C=O) groups is 1. The molecule has 0 saturated carbocycles. The van der Waals surface area contributed by atoms with Gasteiger partial charge in [0.25, 0.3) is 0 Å². The van der Waals surface area contributed by atoms with Gasteiger partial charge in [-0.15, -0.1) is 5.92 Å². The van der Waals surface area contributed by atoms with Crippen molar-refractivity contribution in [2.45, 2.75) is 57.7 Å². The van der Waals surface area contributed by atoms with E-state index in [1.807, 2.05) is 49.5 Å². The Hall–Kier alpha value is -3.89. The van der Waals surface area contributed by atoms with Gasteiger partial charge in [0.2, 0.25) is 5.88 Å². The average Bonchev–Trinajstić information content (AvgIpc) is 3.60. The second-order valence-electron chi connectivity index (χ2n) is 9.87. The maximum atomic E-state index is 15.2. The Morgan fingerprint density at radius 1 is 1.15 bits per heavy atom. The van der Waals surface area contributed by atoms with Crippen LogP contribution >= 0.6 is 0 Å². The molecule has 1 saturated heterocycles. The first-order valence-corrected chi connectivity index (χ1v) is 13.2. The molecule has 1 aromatic heterocycles. The van der Waals surface area contributed by atoms with E-state index < -0.39 is 6.10 Å². The van der Waals surface area contributed by atoms with Gasteiger partial charge in [-0.05, 0) is 67.1 Å². The summed E-state index contributed by atoms with van der Waals surface area (Å²) in [6, 6.07) is 12.8. The summed E-state index contributed by atoms with van der Waals surface area (Å²) in [5, 5.41) is 0. The Morgan fingerprint density at radius 3 is 2.67 bits per heavy atom. The van der Waals surface area contributed by atoms with Crippen molar-refractivity contribution < 1.29 is 28.1 Å². The van der Waals surface area contributed by atoms with E-state index in [1.54, 1.807) is 6.92 Å². The molecule has 5 rings (SSSR count). The lowest BCUT2D eigenvalue weighted by molar-refractivity contribution is -0.140. The Labute approximate surface area is 228 Å². The lowest BCUT2D eigenvalue weighted by atomic mass is 9.94. The zero-order valence-corrected chi connectivity index (χ0v) is 22.5. The summed E-state index contributed by atoms with van der Waals surface area (Å²) in [6.07, 6.45) is 3.86. The fourth-order valence-corrected chi connectivity index (χ4v) is 5.32. The Balaban J connectivity index is 1.35. The number of benzene rings is 2. The van der Waals surface area contributed by atoms with Gasteiger partial charge < -0.3 is 18.9 Å². The van der Waals surface area contributed by atoms with Crippen molar-refractivity contribution in [1.82, 2.24) is 4.98 Å². The number of rotatable bonds is 8. The fraction of sp³-hybridized carbons (Fsp3) is 0.375. The molecular formula is C32H32FNO5. The van der Waals surface area contributed by atoms with Crippen LogP contribution in [0.1, 0.15) is 60.5 Å². The van der Waals surface area contributed by atoms with E-state index in [0.29, 0.717) is 43.2 Å². The van der Waals surface area contributed by atoms with Gasteiger partial charge in [-0.1, -0.05) is 24.1 Å². The molecule has 1 fully saturated rings. The molecule has 0 N–H and O–H groups in total. The van der Waals surface area contributed by atoms with E-state index in [4.69, 9.17) is 18.9 Å². The number of hydrogen-bond donors (Lipinski definition) is 0. The largest absolute Gasteiger partial charge is 0.486 e. The molecule has 39 heavy (non-hydrogen) atoms. The smallest absolute Gasteiger partial charge is 0.307 e. The molecule has 0 spiro atoms. The van der Waals surface area contributed by atoms with Gasteiger partial charge in [0.15, 0.2) is 0 Å². The topological polar surface area (TPSA) is 66.9 Å². The summed E-state index contributed by atoms with van der Waals surface area (Å²) in [4.78, 5) is 16.3. The molecule has 2 aromatic carbocycles. The molecule has 1 aliphatic carbocycles. The van der Waals surface area contributed by atoms with Crippen LogP contribution in [-0.4, -0.2) is 37.4 Å². The number of hydrogen-bond acceptors (Lipinski definition) is 6. The first kappa shape index (κ1) is 26.7. The summed E-state index contributed by atoms with van der Waals surface area (Å²) < 4.78 is 37.6. The summed E-state index contributed by atoms with van der Waals surface area (Å²) in [5.41, 5.74) is 5.40. The van der Waals surface area contributed by atoms with Crippen LogP contribution in [0.4, 0.5) is 4.39 Å². The zero-order valence-electron chi connectivity index (χ0n) is 22.5. The molecule has 202 valence electrons. The van der Waals surface area contributed by atoms with E-state index in [-0.39, 0.29) is 30.2 Å². The second-order valence-corrected chi connectivity index (χ2v) is 9.87. The maximum absolute atomic E-state index is 15.2. The third-order valence-corrected chi connectivity index (χ3v) is 7.31. The normalized spacial score (nSPS) is 18.6. The highest BCUT2D eigenvalue weighted by molar-refractivity contribution is 5.73. The predicted molar refractivity (Wildman–Crippen MR) is 145 cm³/mol. The highest BCUT2D eigenvalue weighted by Gasteiger charge is 2.31. The molecule has 0 radical (unpaired) electrons. The van der Waals surface area contributed by atoms with Crippen molar-refractivity contribution in [3.8, 4) is 34.6 Å². The Bertz CT molecular complexity index is 1400. The summed E-state index contributed by atoms with van der Waals surface area (Å²) in [6.45, 7) is 5.05. The van der Waals surface area contributed by atoms with Crippen LogP contribution in [0, 0.1) is 24.6 Å². The van der Waals surface area contributed by atoms with Crippen molar-refractivity contribution in [1.29, 1.82) is 0 Å². The molecular weight excluding hydrogens is 497 g/mol. The Kier molecular flexibility index (Phi) is 8.13. The standard InChI is InChI=1S/C32H32FNO5/c1-4-5-22(17-31(35)36-3)21-6-8-23(9-7-21)38-29-13-11-26-25(10-12-28(33)32(26)29)27-18-34-30(16-20(27)2)39-24-14-15-37-19-24/h6-10,12,16,18,22,24,29H,11,13-15,17,19H2,1-3H3/t22-,24+,29+/m0/s1. The maximum Gasteiger partial charge on any atom is 0.307 e. The van der Waals surface area contributed by atoms with Crippen LogP contribution in [0.2, 0.25) is 0 Å². The number of halogens is 1. The number of esters is 1. The minimum atomic E-state index is -0.398. The highest BCUT2D eigenvalue weighted by atomic mass is 19.1. The van der Waals surface area contributed by atoms with Crippen molar-refractivity contribution >= 4 is 5.97 Å². The number of methoxy groups -OCH3 is 1. The van der Waals surface area contributed by atoms with Crippen molar-refractivity contribution in [2.75, 3.05) is 20.3 Å². The number of aromatic nitrogens is 1. The fourth-order valence-electron chi connectivity index (χ4n) is 5.32. The van der Waals surface area contributed by atoms with Crippen molar-refractivity contribution in [3.05, 3.63) is 76.7 Å². The molecule has 6 nitrogen and oxygen atoms in total. The molecule has 2 heterocycles. The first-order valence-electron chi connectivity index (χ1n) is 13.2. The number of ether oxygens (including phenoxy) is 4. The number of carbonyl (C=O) groups excluding carboxylic acids is 1. The third kappa shape index (κ3) is 5.91. The Morgan fingerprint density at radius 2 is 1.97 bits per heavy atom. The number of pyridine rings is 1. The van der Waals surface area contributed by atoms with Gasteiger partial charge in [0.05, 0.1) is 32.7 Å². The van der Waals surface area contributed by atoms with Crippen LogP contribution in [-0.2, 0) is 20.7 Å². The SMILES string of the molecule is CC#C[C@@H](CC(=O)OC)c1ccc(O[C@@H]2CCc3c(-c4cnc(O[C@@H]5CCOC5)cc4C)ccc(F)c32)cc1. The monoisotopic (exact) mass is 529 g/mol. The second kappa shape index (κ2) is 11.9. The summed E-state index contributed by atoms with van der Waals surface area (Å²) in [5.74, 6) is 6.32. The van der Waals surface area contributed by atoms with Crippen LogP contribution in [0.3, 0.4) is 0 Å². The quantitative estimate of drug-likeness (QED) is 0.260. The molecule has 0 unspecified atom stereocenters. The van der Waals surface area contributed by atoms with Crippen molar-refractivity contribution in [3.63, 3.8) is 0 Å². The minimum absolute atomic E-state index is 0.0306. The van der Waals surface area contributed by atoms with Crippen LogP contribution in [0.25, 0.3) is 11.1 Å². The van der Waals surface area contributed by atoms with Gasteiger partial charge in [0, 0.05) is 29.8 Å². The lowest BCUT2D eigenvalue weighted by Gasteiger charge is -2.18. The minimum Gasteiger partial charge on any atom is -0.486 e. The summed E-state index contributed by atoms with van der Waals surface area (Å²) >= 11 is 0. The highest BCUT2D eigenvalue weighted by Crippen LogP contribution is 2.42. The molecule has 3 aromatic rings. The van der Waals surface area contributed by atoms with Gasteiger partial charge in [-0.3, -0.25) is 4.79 Å². The number of aryl methyl sites for hydroxylation is 1. The van der Waals surface area contributed by atoms with Gasteiger partial charge in [0.1, 0.15) is 23.8 Å². The van der Waals surface area contributed by atoms with Crippen LogP contribution in [0.5, 0.6) is 11.6 Å². The molecule has 7 heteroatoms. The summed E-state index contributed by atoms with van der Waals surface area (Å²) in [7, 11) is 1.37. The van der Waals surface area contributed by atoms with Crippen molar-refractivity contribution in [2.24, 2.45) is 0 Å². The van der Waals surface area contributed by atoms with Gasteiger partial charge in [-0.25, -0.2) is 9.37 Å². The van der Waals surface area contributed by atoms with Gasteiger partial charge >= 0.3 is 5.97 Å². The van der Waals surface area contributed by atoms with E-state index >= 15 is 4.39 Å². The molecule has 0 amide bonds. The van der Waals surface area contributed by atoms with Crippen LogP contribution < -0.4 is 9.47 Å². The average molecular weight is 530 g/mol. The van der Waals surface area contributed by atoms with E-state index in [1.165, 1.54) is 13.2 Å². The van der Waals surface area contributed by atoms with E-state index in [9.17, 15) is 4.79 Å². The number of fused-ring (bicyclic) bond motifs is 1. The lowest BCUT2D eigenvalue weighted by Crippen LogP contribution is -2.16. The molecule has 1 aliphatic heterocycles. The predicted octanol–water partition coefficient (Wildman–Crippen LogP) is 6.10. The van der Waals surface area contributed by atoms with E-state index in [2.05, 4.69) is 16.8 Å². The van der Waals surface area contributed by atoms with Gasteiger partial charge in [-0.2, -0.15) is 0 Å². The zero-order chi connectivity index (χ0) is 27.4. The van der Waals surface area contributed by atoms with E-state index in [0.717, 1.165) is 34.2 Å². The number of nitrogens with zero attached hydrogens (tertiary/aromatic N) is 1. The van der Waals surface area contributed by atoms with Crippen LogP contribution in [0.15, 0.2) is 48.7 Å². The molecule has 3 atom stereocenters.